The molecule has 0 amide bonds. The van der Waals surface area contributed by atoms with E-state index in [0.29, 0.717) is 0 Å². The van der Waals surface area contributed by atoms with Crippen LogP contribution >= 0.6 is 8.19 Å². The number of para-hydroxylation sites is 1. The van der Waals surface area contributed by atoms with Crippen LogP contribution in [0, 0.1) is 0 Å². The van der Waals surface area contributed by atoms with E-state index >= 15 is 0 Å². The topological polar surface area (TPSA) is 4.93 Å². The van der Waals surface area contributed by atoms with Gasteiger partial charge in [0.2, 0.25) is 0 Å². The van der Waals surface area contributed by atoms with Gasteiger partial charge in [-0.25, -0.2) is 0 Å². The van der Waals surface area contributed by atoms with E-state index in [1.165, 1.54) is 18.8 Å². The van der Waals surface area contributed by atoms with Crippen molar-refractivity contribution in [3.63, 3.8) is 0 Å². The molecule has 0 aliphatic rings. The van der Waals surface area contributed by atoms with Crippen LogP contribution in [0.5, 0.6) is 0 Å². The highest BCUT2D eigenvalue weighted by Gasteiger charge is 1.95. The molecule has 0 saturated heterocycles. The quantitative estimate of drug-likeness (QED) is 0.608. The molecule has 0 bridgehead atoms. The van der Waals surface area contributed by atoms with Crippen molar-refractivity contribution >= 4 is 18.8 Å². The molecule has 0 spiro atoms. The van der Waals surface area contributed by atoms with Gasteiger partial charge < -0.3 is 4.57 Å². The first-order valence-corrected chi connectivity index (χ1v) is 4.78. The second kappa shape index (κ2) is 2.67. The van der Waals surface area contributed by atoms with Gasteiger partial charge in [-0.1, -0.05) is 12.1 Å². The molecule has 0 saturated carbocycles. The summed E-state index contributed by atoms with van der Waals surface area (Å²) >= 11 is 0. The fourth-order valence-electron chi connectivity index (χ4n) is 1.26. The average molecular weight is 163 g/mol. The minimum Gasteiger partial charge on any atom is -0.343 e. The second-order valence-electron chi connectivity index (χ2n) is 2.52. The third-order valence-corrected chi connectivity index (χ3v) is 2.92. The van der Waals surface area contributed by atoms with Crippen LogP contribution in [0.25, 0.3) is 10.6 Å². The van der Waals surface area contributed by atoms with E-state index in [-0.39, 0.29) is 0 Å². The Morgan fingerprint density at radius 3 is 3.00 bits per heavy atom. The van der Waals surface area contributed by atoms with Gasteiger partial charge in [-0.2, -0.15) is 0 Å². The zero-order valence-corrected chi connectivity index (χ0v) is 7.38. The molecule has 0 fully saturated rings. The highest BCUT2D eigenvalue weighted by molar-refractivity contribution is 7.36. The maximum atomic E-state index is 2.29. The number of fused-ring (bicyclic) bond motifs is 1. The van der Waals surface area contributed by atoms with Crippen LogP contribution in [0.3, 0.4) is 0 Å². The lowest BCUT2D eigenvalue weighted by Gasteiger charge is -1.97. The summed E-state index contributed by atoms with van der Waals surface area (Å²) in [4.78, 5) is 0. The Labute approximate surface area is 67.8 Å². The van der Waals surface area contributed by atoms with Crippen LogP contribution in [0.1, 0.15) is 6.92 Å². The van der Waals surface area contributed by atoms with E-state index in [4.69, 9.17) is 0 Å². The van der Waals surface area contributed by atoms with E-state index in [9.17, 15) is 0 Å². The number of benzene rings is 1. The SMILES string of the molecule is CCn1cpc2ccccc21. The Balaban J connectivity index is 2.76. The minimum absolute atomic E-state index is 1.07. The highest BCUT2D eigenvalue weighted by atomic mass is 31.0. The average Bonchev–Trinajstić information content (AvgIpc) is 2.47. The van der Waals surface area contributed by atoms with Crippen molar-refractivity contribution in [1.29, 1.82) is 0 Å². The summed E-state index contributed by atoms with van der Waals surface area (Å²) in [6, 6.07) is 8.55. The van der Waals surface area contributed by atoms with Crippen LogP contribution in [0.2, 0.25) is 0 Å². The first kappa shape index (κ1) is 6.87. The number of rotatable bonds is 1. The molecule has 2 heteroatoms. The summed E-state index contributed by atoms with van der Waals surface area (Å²) in [6.07, 6.45) is 0. The third-order valence-electron chi connectivity index (χ3n) is 1.87. The van der Waals surface area contributed by atoms with E-state index < -0.39 is 0 Å². The van der Waals surface area contributed by atoms with Crippen molar-refractivity contribution in [3.8, 4) is 0 Å². The van der Waals surface area contributed by atoms with Gasteiger partial charge in [-0.3, -0.25) is 0 Å². The van der Waals surface area contributed by atoms with Crippen LogP contribution in [-0.4, -0.2) is 4.57 Å². The van der Waals surface area contributed by atoms with Crippen molar-refractivity contribution in [3.05, 3.63) is 30.2 Å². The van der Waals surface area contributed by atoms with Crippen LogP contribution in [-0.2, 0) is 6.54 Å². The van der Waals surface area contributed by atoms with Gasteiger partial charge in [0.1, 0.15) is 0 Å². The van der Waals surface area contributed by atoms with E-state index in [2.05, 4.69) is 41.7 Å². The van der Waals surface area contributed by atoms with Crippen LogP contribution in [0.15, 0.2) is 30.2 Å². The van der Waals surface area contributed by atoms with E-state index in [1.807, 2.05) is 0 Å². The summed E-state index contributed by atoms with van der Waals surface area (Å²) in [6.45, 7) is 3.25. The number of nitrogens with zero attached hydrogens (tertiary/aromatic N) is 1. The molecule has 1 heterocycles. The largest absolute Gasteiger partial charge is 0.343 e. The summed E-state index contributed by atoms with van der Waals surface area (Å²) in [7, 11) is 1.33. The smallest absolute Gasteiger partial charge is 0.0529 e. The predicted octanol–water partition coefficient (Wildman–Crippen LogP) is 3.24. The van der Waals surface area contributed by atoms with E-state index in [0.717, 1.165) is 6.54 Å². The lowest BCUT2D eigenvalue weighted by Crippen LogP contribution is -1.89. The first-order chi connectivity index (χ1) is 5.42. The van der Waals surface area contributed by atoms with Crippen molar-refractivity contribution < 1.29 is 0 Å². The molecule has 0 unspecified atom stereocenters. The summed E-state index contributed by atoms with van der Waals surface area (Å²) in [5.74, 6) is 2.23. The summed E-state index contributed by atoms with van der Waals surface area (Å²) in [5, 5.41) is 1.43. The molecule has 0 N–H and O–H groups in total. The molecule has 1 nitrogen and oxygen atoms in total. The lowest BCUT2D eigenvalue weighted by atomic mass is 10.3. The number of aromatic nitrogens is 1. The van der Waals surface area contributed by atoms with Gasteiger partial charge >= 0.3 is 0 Å². The van der Waals surface area contributed by atoms with Crippen molar-refractivity contribution in [2.24, 2.45) is 0 Å². The number of hydrogen-bond donors (Lipinski definition) is 0. The van der Waals surface area contributed by atoms with Crippen molar-refractivity contribution in [2.75, 3.05) is 0 Å². The Bertz CT molecular complexity index is 364. The molecule has 0 aliphatic carbocycles. The van der Waals surface area contributed by atoms with Crippen LogP contribution < -0.4 is 0 Å². The predicted molar refractivity (Wildman–Crippen MR) is 50.1 cm³/mol. The molecule has 0 atom stereocenters. The normalized spacial score (nSPS) is 11.4. The van der Waals surface area contributed by atoms with Gasteiger partial charge in [0.15, 0.2) is 0 Å². The van der Waals surface area contributed by atoms with Crippen molar-refractivity contribution in [1.82, 2.24) is 4.57 Å². The van der Waals surface area contributed by atoms with Gasteiger partial charge in [-0.05, 0) is 27.2 Å². The molecule has 0 radical (unpaired) electrons. The zero-order chi connectivity index (χ0) is 7.68. The Morgan fingerprint density at radius 1 is 1.36 bits per heavy atom. The monoisotopic (exact) mass is 163 g/mol. The zero-order valence-electron chi connectivity index (χ0n) is 6.49. The van der Waals surface area contributed by atoms with Gasteiger partial charge in [0.25, 0.3) is 0 Å². The molecule has 56 valence electrons. The number of aryl methyl sites for hydroxylation is 1. The maximum Gasteiger partial charge on any atom is 0.0529 e. The Morgan fingerprint density at radius 2 is 2.18 bits per heavy atom. The minimum atomic E-state index is 1.07. The molecule has 11 heavy (non-hydrogen) atoms. The molecular weight excluding hydrogens is 153 g/mol. The summed E-state index contributed by atoms with van der Waals surface area (Å²) < 4.78 is 2.29. The van der Waals surface area contributed by atoms with Crippen molar-refractivity contribution in [2.45, 2.75) is 13.5 Å². The summed E-state index contributed by atoms with van der Waals surface area (Å²) in [5.41, 5.74) is 1.37. The van der Waals surface area contributed by atoms with Gasteiger partial charge in [0, 0.05) is 17.6 Å². The standard InChI is InChI=1S/C9H10NP/c1-2-10-7-11-9-6-4-3-5-8(9)10/h3-7H,2H2,1H3. The molecule has 2 aromatic rings. The molecule has 0 aliphatic heterocycles. The molecule has 1 aromatic heterocycles. The fraction of sp³-hybridized carbons (Fsp3) is 0.222. The molecular formula is C9H10NP. The molecule has 1 aromatic carbocycles. The van der Waals surface area contributed by atoms with Gasteiger partial charge in [0.05, 0.1) is 5.52 Å². The Hall–Kier alpha value is -0.810. The Kier molecular flexibility index (Phi) is 1.67. The van der Waals surface area contributed by atoms with E-state index in [1.54, 1.807) is 0 Å². The van der Waals surface area contributed by atoms with Crippen LogP contribution in [0.4, 0.5) is 0 Å². The second-order valence-corrected chi connectivity index (χ2v) is 3.49. The maximum absolute atomic E-state index is 2.29. The first-order valence-electron chi connectivity index (χ1n) is 3.81. The fourth-order valence-corrected chi connectivity index (χ4v) is 2.32. The lowest BCUT2D eigenvalue weighted by molar-refractivity contribution is 0.803. The molecule has 2 rings (SSSR count). The van der Waals surface area contributed by atoms with Gasteiger partial charge in [-0.15, -0.1) is 0 Å². The third kappa shape index (κ3) is 1.06. The highest BCUT2D eigenvalue weighted by Crippen LogP contribution is 2.24. The number of hydrogen-bond acceptors (Lipinski definition) is 0.